The number of benzene rings is 1. The van der Waals surface area contributed by atoms with Gasteiger partial charge in [-0.15, -0.1) is 0 Å². The molecule has 0 spiro atoms. The summed E-state index contributed by atoms with van der Waals surface area (Å²) in [5.41, 5.74) is 6.72. The van der Waals surface area contributed by atoms with Crippen molar-refractivity contribution in [3.63, 3.8) is 0 Å². The molecule has 26 heavy (non-hydrogen) atoms. The topological polar surface area (TPSA) is 72.4 Å². The second-order valence-corrected chi connectivity index (χ2v) is 7.64. The molecule has 2 aromatic rings. The number of rotatable bonds is 5. The molecule has 2 heterocycles. The van der Waals surface area contributed by atoms with Crippen LogP contribution in [0.25, 0.3) is 11.3 Å². The summed E-state index contributed by atoms with van der Waals surface area (Å²) in [5, 5.41) is 0. The van der Waals surface area contributed by atoms with E-state index in [1.807, 2.05) is 30.3 Å². The first-order valence-electron chi connectivity index (χ1n) is 9.78. The van der Waals surface area contributed by atoms with Crippen LogP contribution in [0, 0.1) is 5.92 Å². The molecule has 1 unspecified atom stereocenters. The molecule has 1 saturated heterocycles. The minimum absolute atomic E-state index is 0.0480. The van der Waals surface area contributed by atoms with Gasteiger partial charge >= 0.3 is 0 Å². The van der Waals surface area contributed by atoms with Crippen LogP contribution in [0.15, 0.2) is 40.9 Å². The van der Waals surface area contributed by atoms with E-state index in [0.29, 0.717) is 11.8 Å². The maximum atomic E-state index is 12.0. The summed E-state index contributed by atoms with van der Waals surface area (Å²) in [6.07, 6.45) is 9.86. The largest absolute Gasteiger partial charge is 0.439 e. The van der Waals surface area contributed by atoms with Crippen LogP contribution in [0.1, 0.15) is 56.9 Å². The first kappa shape index (κ1) is 17.3. The maximum Gasteiger partial charge on any atom is 0.234 e. The first-order chi connectivity index (χ1) is 12.7. The van der Waals surface area contributed by atoms with E-state index in [1.54, 1.807) is 6.20 Å². The molecule has 2 N–H and O–H groups in total. The fourth-order valence-corrected chi connectivity index (χ4v) is 4.54. The van der Waals surface area contributed by atoms with Crippen molar-refractivity contribution in [2.24, 2.45) is 11.7 Å². The van der Waals surface area contributed by atoms with Crippen LogP contribution in [0.3, 0.4) is 0 Å². The molecule has 138 valence electrons. The number of aromatic nitrogens is 1. The van der Waals surface area contributed by atoms with Gasteiger partial charge in [0, 0.05) is 12.1 Å². The van der Waals surface area contributed by atoms with Crippen molar-refractivity contribution in [2.45, 2.75) is 57.0 Å². The highest BCUT2D eigenvalue weighted by atomic mass is 16.4. The van der Waals surface area contributed by atoms with Gasteiger partial charge in [0.05, 0.1) is 18.3 Å². The lowest BCUT2D eigenvalue weighted by atomic mass is 9.88. The average Bonchev–Trinajstić information content (AvgIpc) is 3.30. The zero-order valence-corrected chi connectivity index (χ0v) is 15.1. The smallest absolute Gasteiger partial charge is 0.234 e. The second kappa shape index (κ2) is 7.62. The molecule has 1 aliphatic heterocycles. The Morgan fingerprint density at radius 2 is 1.88 bits per heavy atom. The molecule has 4 rings (SSSR count). The summed E-state index contributed by atoms with van der Waals surface area (Å²) >= 11 is 0. The molecule has 1 aromatic carbocycles. The summed E-state index contributed by atoms with van der Waals surface area (Å²) < 4.78 is 6.10. The normalized spacial score (nSPS) is 24.8. The van der Waals surface area contributed by atoms with E-state index in [1.165, 1.54) is 32.1 Å². The second-order valence-electron chi connectivity index (χ2n) is 7.64. The van der Waals surface area contributed by atoms with Gasteiger partial charge in [0.2, 0.25) is 11.8 Å². The van der Waals surface area contributed by atoms with Crippen molar-refractivity contribution >= 4 is 5.91 Å². The van der Waals surface area contributed by atoms with E-state index in [0.717, 1.165) is 30.7 Å². The maximum absolute atomic E-state index is 12.0. The van der Waals surface area contributed by atoms with Gasteiger partial charge in [-0.2, -0.15) is 0 Å². The summed E-state index contributed by atoms with van der Waals surface area (Å²) in [4.78, 5) is 18.8. The van der Waals surface area contributed by atoms with Gasteiger partial charge in [0.15, 0.2) is 5.76 Å². The molecule has 2 fully saturated rings. The molecule has 1 aromatic heterocycles. The Labute approximate surface area is 154 Å². The van der Waals surface area contributed by atoms with Crippen molar-refractivity contribution in [2.75, 3.05) is 6.54 Å². The highest BCUT2D eigenvalue weighted by Crippen LogP contribution is 2.39. The van der Waals surface area contributed by atoms with Crippen LogP contribution in [-0.4, -0.2) is 28.4 Å². The number of likely N-dealkylation sites (tertiary alicyclic amines) is 1. The van der Waals surface area contributed by atoms with E-state index < -0.39 is 0 Å². The van der Waals surface area contributed by atoms with Gasteiger partial charge in [-0.05, 0) is 31.6 Å². The van der Waals surface area contributed by atoms with E-state index in [-0.39, 0.29) is 18.0 Å². The standard InChI is InChI=1S/C21H27N3O2/c22-20(25)17-11-12-18(24(17)14-15-7-3-1-4-8-15)21-23-13-19(26-21)16-9-5-2-6-10-16/h2,5-6,9-10,13,15,17-18H,1,3-4,7-8,11-12,14H2,(H2,22,25)/t17?,18-/m0/s1. The Bertz CT molecular complexity index is 737. The van der Waals surface area contributed by atoms with Crippen LogP contribution in [0.4, 0.5) is 0 Å². The molecule has 1 aliphatic carbocycles. The SMILES string of the molecule is NC(=O)C1CC[C@@H](c2ncc(-c3ccccc3)o2)N1CC1CCCCC1. The molecule has 2 aliphatic rings. The van der Waals surface area contributed by atoms with Crippen molar-refractivity contribution in [3.05, 3.63) is 42.4 Å². The number of carbonyl (C=O) groups excluding carboxylic acids is 1. The summed E-state index contributed by atoms with van der Waals surface area (Å²) in [5.74, 6) is 1.91. The molecular formula is C21H27N3O2. The third kappa shape index (κ3) is 3.54. The van der Waals surface area contributed by atoms with Crippen LogP contribution < -0.4 is 5.73 Å². The predicted octanol–water partition coefficient (Wildman–Crippen LogP) is 3.91. The molecule has 1 amide bonds. The highest BCUT2D eigenvalue weighted by molar-refractivity contribution is 5.80. The molecule has 2 atom stereocenters. The van der Waals surface area contributed by atoms with Gasteiger partial charge in [0.25, 0.3) is 0 Å². The highest BCUT2D eigenvalue weighted by Gasteiger charge is 2.40. The number of hydrogen-bond donors (Lipinski definition) is 1. The number of oxazole rings is 1. The third-order valence-electron chi connectivity index (χ3n) is 5.90. The Morgan fingerprint density at radius 3 is 2.62 bits per heavy atom. The third-order valence-corrected chi connectivity index (χ3v) is 5.90. The quantitative estimate of drug-likeness (QED) is 0.884. The Balaban J connectivity index is 1.55. The van der Waals surface area contributed by atoms with Crippen LogP contribution in [0.2, 0.25) is 0 Å². The van der Waals surface area contributed by atoms with E-state index in [2.05, 4.69) is 9.88 Å². The van der Waals surface area contributed by atoms with Crippen molar-refractivity contribution in [1.82, 2.24) is 9.88 Å². The monoisotopic (exact) mass is 353 g/mol. The van der Waals surface area contributed by atoms with Crippen molar-refractivity contribution < 1.29 is 9.21 Å². The molecular weight excluding hydrogens is 326 g/mol. The Hall–Kier alpha value is -2.14. The van der Waals surface area contributed by atoms with Gasteiger partial charge < -0.3 is 10.2 Å². The number of primary amides is 1. The summed E-state index contributed by atoms with van der Waals surface area (Å²) in [6.45, 7) is 0.918. The predicted molar refractivity (Wildman–Crippen MR) is 100 cm³/mol. The van der Waals surface area contributed by atoms with Crippen molar-refractivity contribution in [3.8, 4) is 11.3 Å². The van der Waals surface area contributed by atoms with Gasteiger partial charge in [0.1, 0.15) is 0 Å². The van der Waals surface area contributed by atoms with E-state index >= 15 is 0 Å². The number of hydrogen-bond acceptors (Lipinski definition) is 4. The zero-order chi connectivity index (χ0) is 17.9. The molecule has 5 nitrogen and oxygen atoms in total. The summed E-state index contributed by atoms with van der Waals surface area (Å²) in [6, 6.07) is 9.86. The van der Waals surface area contributed by atoms with E-state index in [4.69, 9.17) is 10.2 Å². The number of nitrogens with zero attached hydrogens (tertiary/aromatic N) is 2. The lowest BCUT2D eigenvalue weighted by molar-refractivity contribution is -0.123. The average molecular weight is 353 g/mol. The minimum Gasteiger partial charge on any atom is -0.439 e. The molecule has 0 bridgehead atoms. The zero-order valence-electron chi connectivity index (χ0n) is 15.1. The van der Waals surface area contributed by atoms with Gasteiger partial charge in [-0.25, -0.2) is 4.98 Å². The van der Waals surface area contributed by atoms with E-state index in [9.17, 15) is 4.79 Å². The number of carbonyl (C=O) groups is 1. The molecule has 1 saturated carbocycles. The van der Waals surface area contributed by atoms with Gasteiger partial charge in [-0.3, -0.25) is 9.69 Å². The van der Waals surface area contributed by atoms with Crippen molar-refractivity contribution in [1.29, 1.82) is 0 Å². The Morgan fingerprint density at radius 1 is 1.12 bits per heavy atom. The Kier molecular flexibility index (Phi) is 5.07. The number of amides is 1. The van der Waals surface area contributed by atoms with Gasteiger partial charge in [-0.1, -0.05) is 49.6 Å². The summed E-state index contributed by atoms with van der Waals surface area (Å²) in [7, 11) is 0. The number of nitrogens with two attached hydrogens (primary N) is 1. The first-order valence-corrected chi connectivity index (χ1v) is 9.78. The minimum atomic E-state index is -0.224. The fraction of sp³-hybridized carbons (Fsp3) is 0.524. The molecule has 0 radical (unpaired) electrons. The lowest BCUT2D eigenvalue weighted by Gasteiger charge is -2.32. The van der Waals surface area contributed by atoms with Crippen LogP contribution in [0.5, 0.6) is 0 Å². The lowest BCUT2D eigenvalue weighted by Crippen LogP contribution is -2.43. The van der Waals surface area contributed by atoms with Crippen LogP contribution >= 0.6 is 0 Å². The molecule has 5 heteroatoms. The van der Waals surface area contributed by atoms with Crippen LogP contribution in [-0.2, 0) is 4.79 Å². The fourth-order valence-electron chi connectivity index (χ4n) is 4.54.